The molecule has 0 aliphatic carbocycles. The minimum atomic E-state index is -0.871. The number of hydrogen-bond acceptors (Lipinski definition) is 4. The summed E-state index contributed by atoms with van der Waals surface area (Å²) in [5, 5.41) is 0.227. The number of halogens is 2. The first-order chi connectivity index (χ1) is 9.69. The van der Waals surface area contributed by atoms with E-state index in [9.17, 15) is 14.0 Å². The first kappa shape index (κ1) is 15.6. The maximum absolute atomic E-state index is 14.0. The van der Waals surface area contributed by atoms with Crippen LogP contribution in [-0.2, 0) is 9.47 Å². The van der Waals surface area contributed by atoms with Gasteiger partial charge in [0.2, 0.25) is 0 Å². The smallest absolute Gasteiger partial charge is 0.420 e. The fourth-order valence-electron chi connectivity index (χ4n) is 1.94. The Kier molecular flexibility index (Phi) is 4.09. The second kappa shape index (κ2) is 5.52. The van der Waals surface area contributed by atoms with E-state index in [1.807, 2.05) is 0 Å². The van der Waals surface area contributed by atoms with E-state index >= 15 is 0 Å². The lowest BCUT2D eigenvalue weighted by Crippen LogP contribution is -2.39. The largest absolute Gasteiger partial charge is 0.446 e. The fourth-order valence-corrected chi connectivity index (χ4v) is 2.09. The van der Waals surface area contributed by atoms with Crippen molar-refractivity contribution in [3.05, 3.63) is 34.6 Å². The van der Waals surface area contributed by atoms with Crippen LogP contribution in [0.2, 0.25) is 5.02 Å². The molecular weight excluding hydrogens is 301 g/mol. The van der Waals surface area contributed by atoms with Gasteiger partial charge in [0.05, 0.1) is 0 Å². The molecule has 21 heavy (non-hydrogen) atoms. The van der Waals surface area contributed by atoms with E-state index in [4.69, 9.17) is 21.1 Å². The molecule has 1 aromatic carbocycles. The summed E-state index contributed by atoms with van der Waals surface area (Å²) in [6, 6.07) is 3.15. The molecule has 0 radical (unpaired) electrons. The average Bonchev–Trinajstić information content (AvgIpc) is 2.68. The zero-order valence-corrected chi connectivity index (χ0v) is 12.6. The number of hydrogen-bond donors (Lipinski definition) is 0. The van der Waals surface area contributed by atoms with E-state index in [1.165, 1.54) is 12.1 Å². The van der Waals surface area contributed by atoms with Gasteiger partial charge in [-0.15, -0.1) is 0 Å². The van der Waals surface area contributed by atoms with Crippen LogP contribution in [0.1, 0.15) is 32.4 Å². The summed E-state index contributed by atoms with van der Waals surface area (Å²) in [5.74, 6) is -0.612. The molecule has 1 saturated heterocycles. The maximum atomic E-state index is 14.0. The summed E-state index contributed by atoms with van der Waals surface area (Å²) >= 11 is 5.69. The molecule has 1 aliphatic heterocycles. The highest BCUT2D eigenvalue weighted by Gasteiger charge is 2.42. The van der Waals surface area contributed by atoms with Gasteiger partial charge in [0.1, 0.15) is 24.1 Å². The summed E-state index contributed by atoms with van der Waals surface area (Å²) in [4.78, 5) is 24.6. The minimum Gasteiger partial charge on any atom is -0.446 e. The lowest BCUT2D eigenvalue weighted by Gasteiger charge is -2.25. The molecule has 0 bridgehead atoms. The molecular formula is C14H15ClFNO4. The molecule has 1 aromatic rings. The summed E-state index contributed by atoms with van der Waals surface area (Å²) < 4.78 is 24.0. The fraction of sp³-hybridized carbons (Fsp3) is 0.429. The SMILES string of the molecule is CC(C)(C)OC(=O)N1C(=O)OCC1c1ccc(Cl)cc1F. The van der Waals surface area contributed by atoms with Crippen LogP contribution in [0.15, 0.2) is 18.2 Å². The van der Waals surface area contributed by atoms with Crippen molar-refractivity contribution in [2.75, 3.05) is 6.61 Å². The van der Waals surface area contributed by atoms with Crippen LogP contribution in [0.5, 0.6) is 0 Å². The van der Waals surface area contributed by atoms with Crippen LogP contribution in [0.25, 0.3) is 0 Å². The number of amides is 2. The molecule has 114 valence electrons. The molecule has 1 heterocycles. The zero-order chi connectivity index (χ0) is 15.8. The van der Waals surface area contributed by atoms with Crippen LogP contribution in [-0.4, -0.2) is 29.3 Å². The number of benzene rings is 1. The lowest BCUT2D eigenvalue weighted by atomic mass is 10.1. The summed E-state index contributed by atoms with van der Waals surface area (Å²) in [7, 11) is 0. The van der Waals surface area contributed by atoms with Gasteiger partial charge >= 0.3 is 12.2 Å². The summed E-state index contributed by atoms with van der Waals surface area (Å²) in [5.41, 5.74) is -0.626. The molecule has 5 nitrogen and oxygen atoms in total. The van der Waals surface area contributed by atoms with E-state index in [0.29, 0.717) is 0 Å². The van der Waals surface area contributed by atoms with Crippen molar-refractivity contribution in [2.24, 2.45) is 0 Å². The second-order valence-electron chi connectivity index (χ2n) is 5.61. The first-order valence-electron chi connectivity index (χ1n) is 6.33. The Hall–Kier alpha value is -1.82. The Labute approximate surface area is 126 Å². The zero-order valence-electron chi connectivity index (χ0n) is 11.9. The third kappa shape index (κ3) is 3.44. The molecule has 0 aromatic heterocycles. The molecule has 7 heteroatoms. The quantitative estimate of drug-likeness (QED) is 0.788. The van der Waals surface area contributed by atoms with Crippen molar-refractivity contribution < 1.29 is 23.5 Å². The third-order valence-corrected chi connectivity index (χ3v) is 3.02. The number of carbonyl (C=O) groups excluding carboxylic acids is 2. The number of rotatable bonds is 1. The highest BCUT2D eigenvalue weighted by atomic mass is 35.5. The molecule has 2 rings (SSSR count). The second-order valence-corrected chi connectivity index (χ2v) is 6.05. The van der Waals surface area contributed by atoms with Crippen molar-refractivity contribution >= 4 is 23.8 Å². The van der Waals surface area contributed by atoms with Crippen LogP contribution >= 0.6 is 11.6 Å². The van der Waals surface area contributed by atoms with Gasteiger partial charge in [-0.05, 0) is 32.9 Å². The molecule has 1 unspecified atom stereocenters. The van der Waals surface area contributed by atoms with E-state index in [0.717, 1.165) is 11.0 Å². The van der Waals surface area contributed by atoms with Crippen molar-refractivity contribution in [2.45, 2.75) is 32.4 Å². The number of ether oxygens (including phenoxy) is 2. The molecule has 0 spiro atoms. The van der Waals surface area contributed by atoms with E-state index in [-0.39, 0.29) is 17.2 Å². The monoisotopic (exact) mass is 315 g/mol. The topological polar surface area (TPSA) is 55.8 Å². The number of carbonyl (C=O) groups is 2. The van der Waals surface area contributed by atoms with E-state index in [1.54, 1.807) is 20.8 Å². The molecule has 1 fully saturated rings. The molecule has 1 atom stereocenters. The predicted molar refractivity (Wildman–Crippen MR) is 73.6 cm³/mol. The standard InChI is InChI=1S/C14H15ClFNO4/c1-14(2,3)21-13(19)17-11(7-20-12(17)18)9-5-4-8(15)6-10(9)16/h4-6,11H,7H2,1-3H3. The van der Waals surface area contributed by atoms with E-state index in [2.05, 4.69) is 0 Å². The normalized spacial score (nSPS) is 18.6. The van der Waals surface area contributed by atoms with Gasteiger partial charge in [0.15, 0.2) is 0 Å². The van der Waals surface area contributed by atoms with Gasteiger partial charge in [-0.25, -0.2) is 18.9 Å². The number of cyclic esters (lactones) is 1. The van der Waals surface area contributed by atoms with Gasteiger partial charge < -0.3 is 9.47 Å². The first-order valence-corrected chi connectivity index (χ1v) is 6.71. The maximum Gasteiger partial charge on any atom is 0.420 e. The van der Waals surface area contributed by atoms with Gasteiger partial charge in [0, 0.05) is 10.6 Å². The van der Waals surface area contributed by atoms with Crippen molar-refractivity contribution in [3.63, 3.8) is 0 Å². The Morgan fingerprint density at radius 3 is 2.71 bits per heavy atom. The Morgan fingerprint density at radius 1 is 1.48 bits per heavy atom. The summed E-state index contributed by atoms with van der Waals surface area (Å²) in [6.07, 6.45) is -1.73. The average molecular weight is 316 g/mol. The molecule has 2 amide bonds. The van der Waals surface area contributed by atoms with Gasteiger partial charge in [0.25, 0.3) is 0 Å². The highest BCUT2D eigenvalue weighted by molar-refractivity contribution is 6.30. The van der Waals surface area contributed by atoms with Crippen LogP contribution < -0.4 is 0 Å². The van der Waals surface area contributed by atoms with E-state index < -0.39 is 29.6 Å². The minimum absolute atomic E-state index is 0.128. The number of imide groups is 1. The Balaban J connectivity index is 2.30. The van der Waals surface area contributed by atoms with Gasteiger partial charge in [-0.3, -0.25) is 0 Å². The Morgan fingerprint density at radius 2 is 2.14 bits per heavy atom. The van der Waals surface area contributed by atoms with Crippen LogP contribution in [0.4, 0.5) is 14.0 Å². The van der Waals surface area contributed by atoms with Gasteiger partial charge in [-0.1, -0.05) is 17.7 Å². The van der Waals surface area contributed by atoms with Crippen molar-refractivity contribution in [3.8, 4) is 0 Å². The Bertz CT molecular complexity index is 585. The lowest BCUT2D eigenvalue weighted by molar-refractivity contribution is 0.0289. The number of nitrogens with zero attached hydrogens (tertiary/aromatic N) is 1. The molecule has 0 saturated carbocycles. The molecule has 1 aliphatic rings. The third-order valence-electron chi connectivity index (χ3n) is 2.78. The van der Waals surface area contributed by atoms with Gasteiger partial charge in [-0.2, -0.15) is 0 Å². The van der Waals surface area contributed by atoms with Crippen LogP contribution in [0, 0.1) is 5.82 Å². The van der Waals surface area contributed by atoms with Crippen molar-refractivity contribution in [1.29, 1.82) is 0 Å². The molecule has 0 N–H and O–H groups in total. The van der Waals surface area contributed by atoms with Crippen LogP contribution in [0.3, 0.4) is 0 Å². The summed E-state index contributed by atoms with van der Waals surface area (Å²) in [6.45, 7) is 4.88. The highest BCUT2D eigenvalue weighted by Crippen LogP contribution is 2.32. The predicted octanol–water partition coefficient (Wildman–Crippen LogP) is 3.91. The van der Waals surface area contributed by atoms with Crippen molar-refractivity contribution in [1.82, 2.24) is 4.90 Å².